The summed E-state index contributed by atoms with van der Waals surface area (Å²) in [5.41, 5.74) is 1.35. The number of fused-ring (bicyclic) bond motifs is 1. The van der Waals surface area contributed by atoms with Crippen molar-refractivity contribution in [3.8, 4) is 11.5 Å². The Morgan fingerprint density at radius 1 is 1.10 bits per heavy atom. The number of likely N-dealkylation sites (tertiary alicyclic amines) is 1. The minimum absolute atomic E-state index is 0.0180. The van der Waals surface area contributed by atoms with Gasteiger partial charge in [-0.1, -0.05) is 6.07 Å². The molecule has 0 aromatic heterocycles. The normalized spacial score (nSPS) is 31.2. The number of rotatable bonds is 6. The molecule has 218 valence electrons. The van der Waals surface area contributed by atoms with Crippen molar-refractivity contribution in [1.29, 1.82) is 0 Å². The summed E-state index contributed by atoms with van der Waals surface area (Å²) in [6, 6.07) is 11.0. The van der Waals surface area contributed by atoms with Gasteiger partial charge < -0.3 is 35.0 Å². The van der Waals surface area contributed by atoms with E-state index in [1.807, 2.05) is 37.3 Å². The van der Waals surface area contributed by atoms with E-state index in [1.165, 1.54) is 12.8 Å². The number of amides is 1. The van der Waals surface area contributed by atoms with Crippen molar-refractivity contribution in [2.45, 2.75) is 62.7 Å². The topological polar surface area (TPSA) is 115 Å². The highest BCUT2D eigenvalue weighted by Gasteiger charge is 2.69. The first-order valence-electron chi connectivity index (χ1n) is 14.8. The number of carbonyl (C=O) groups is 1. The molecule has 4 N–H and O–H groups in total. The lowest BCUT2D eigenvalue weighted by atomic mass is 9.53. The van der Waals surface area contributed by atoms with Crippen LogP contribution in [0.1, 0.15) is 44.2 Å². The molecule has 9 heteroatoms. The Balaban J connectivity index is 1.19. The molecule has 2 aromatic carbocycles. The van der Waals surface area contributed by atoms with E-state index in [4.69, 9.17) is 9.47 Å². The molecule has 2 aliphatic carbocycles. The van der Waals surface area contributed by atoms with Gasteiger partial charge in [-0.25, -0.2) is 0 Å². The van der Waals surface area contributed by atoms with Gasteiger partial charge in [-0.2, -0.15) is 0 Å². The summed E-state index contributed by atoms with van der Waals surface area (Å²) < 4.78 is 11.8. The standard InChI is InChI=1S/C32H39N3O6/c1-19(30(38)33-22-6-8-23(9-7-22)34-13-15-40-16-14-34)27(37)29-32-11-12-35(18-20-3-4-20)25(31(32,2)39)17-21-5-10-24(36)28(41-29)26(21)32/h5-10,20,25,29,36-37,39H,3-4,11-18H2,1-2H3,(H,33,38)/b27-19-/t25-,29+,31-,32+/m1/s1. The first kappa shape index (κ1) is 26.6. The van der Waals surface area contributed by atoms with Crippen molar-refractivity contribution in [3.05, 3.63) is 58.9 Å². The van der Waals surface area contributed by atoms with Gasteiger partial charge in [-0.3, -0.25) is 9.69 Å². The number of benzene rings is 2. The van der Waals surface area contributed by atoms with Gasteiger partial charge in [0.25, 0.3) is 5.91 Å². The Labute approximate surface area is 240 Å². The van der Waals surface area contributed by atoms with E-state index in [9.17, 15) is 20.1 Å². The van der Waals surface area contributed by atoms with E-state index in [-0.39, 0.29) is 23.1 Å². The quantitative estimate of drug-likeness (QED) is 0.313. The number of nitrogens with zero attached hydrogens (tertiary/aromatic N) is 2. The summed E-state index contributed by atoms with van der Waals surface area (Å²) in [5, 5.41) is 37.7. The fourth-order valence-electron chi connectivity index (χ4n) is 7.69. The molecule has 2 bridgehead atoms. The number of hydrogen-bond donors (Lipinski definition) is 4. The van der Waals surface area contributed by atoms with Crippen molar-refractivity contribution in [2.24, 2.45) is 5.92 Å². The van der Waals surface area contributed by atoms with Gasteiger partial charge in [-0.15, -0.1) is 0 Å². The molecule has 1 spiro atoms. The van der Waals surface area contributed by atoms with Gasteiger partial charge in [0.05, 0.1) is 29.8 Å². The third kappa shape index (κ3) is 4.12. The third-order valence-corrected chi connectivity index (χ3v) is 10.2. The molecule has 41 heavy (non-hydrogen) atoms. The second-order valence-corrected chi connectivity index (χ2v) is 12.6. The monoisotopic (exact) mass is 561 g/mol. The van der Waals surface area contributed by atoms with Crippen LogP contribution >= 0.6 is 0 Å². The second kappa shape index (κ2) is 9.64. The average molecular weight is 562 g/mol. The largest absolute Gasteiger partial charge is 0.508 e. The van der Waals surface area contributed by atoms with Crippen molar-refractivity contribution in [1.82, 2.24) is 4.90 Å². The van der Waals surface area contributed by atoms with Crippen LogP contribution in [0.15, 0.2) is 47.7 Å². The van der Waals surface area contributed by atoms with Crippen LogP contribution in [0.5, 0.6) is 11.5 Å². The number of ether oxygens (including phenoxy) is 2. The van der Waals surface area contributed by atoms with Crippen molar-refractivity contribution >= 4 is 17.3 Å². The van der Waals surface area contributed by atoms with E-state index in [1.54, 1.807) is 13.0 Å². The number of phenolic OH excluding ortho intramolecular Hbond substituents is 1. The molecule has 1 saturated carbocycles. The Hall–Kier alpha value is -3.27. The first-order valence-corrected chi connectivity index (χ1v) is 14.8. The van der Waals surface area contributed by atoms with E-state index in [0.717, 1.165) is 43.0 Å². The number of nitrogens with one attached hydrogen (secondary N) is 1. The molecule has 5 aliphatic rings. The number of aliphatic hydroxyl groups excluding tert-OH is 1. The van der Waals surface area contributed by atoms with Crippen molar-refractivity contribution in [3.63, 3.8) is 0 Å². The number of hydrogen-bond acceptors (Lipinski definition) is 8. The molecule has 0 unspecified atom stereocenters. The van der Waals surface area contributed by atoms with Gasteiger partial charge in [0.15, 0.2) is 17.6 Å². The van der Waals surface area contributed by atoms with Crippen LogP contribution < -0.4 is 15.0 Å². The van der Waals surface area contributed by atoms with Crippen LogP contribution in [0, 0.1) is 5.92 Å². The third-order valence-electron chi connectivity index (χ3n) is 10.2. The number of piperidine rings is 1. The zero-order chi connectivity index (χ0) is 28.5. The minimum Gasteiger partial charge on any atom is -0.508 e. The Bertz CT molecular complexity index is 1390. The van der Waals surface area contributed by atoms with Crippen LogP contribution in [0.3, 0.4) is 0 Å². The van der Waals surface area contributed by atoms with Crippen molar-refractivity contribution < 1.29 is 29.6 Å². The summed E-state index contributed by atoms with van der Waals surface area (Å²) in [6.45, 7) is 8.17. The minimum atomic E-state index is -1.25. The molecule has 3 aliphatic heterocycles. The Morgan fingerprint density at radius 3 is 2.54 bits per heavy atom. The van der Waals surface area contributed by atoms with Gasteiger partial charge in [0.1, 0.15) is 5.76 Å². The molecule has 3 heterocycles. The summed E-state index contributed by atoms with van der Waals surface area (Å²) in [6.07, 6.45) is 2.64. The lowest BCUT2D eigenvalue weighted by molar-refractivity contribution is -0.153. The fourth-order valence-corrected chi connectivity index (χ4v) is 7.69. The highest BCUT2D eigenvalue weighted by Crippen LogP contribution is 2.63. The predicted molar refractivity (Wildman–Crippen MR) is 155 cm³/mol. The fraction of sp³-hybridized carbons (Fsp3) is 0.531. The molecule has 7 rings (SSSR count). The predicted octanol–water partition coefficient (Wildman–Crippen LogP) is 3.49. The van der Waals surface area contributed by atoms with E-state index < -0.39 is 23.0 Å². The van der Waals surface area contributed by atoms with Crippen LogP contribution in [-0.2, 0) is 21.4 Å². The van der Waals surface area contributed by atoms with Crippen LogP contribution in [0.25, 0.3) is 0 Å². The molecule has 9 nitrogen and oxygen atoms in total. The van der Waals surface area contributed by atoms with E-state index >= 15 is 0 Å². The first-order chi connectivity index (χ1) is 19.7. The number of phenols is 1. The maximum atomic E-state index is 13.4. The smallest absolute Gasteiger partial charge is 0.254 e. The average Bonchev–Trinajstić information content (AvgIpc) is 3.72. The van der Waals surface area contributed by atoms with E-state index in [0.29, 0.717) is 43.4 Å². The Morgan fingerprint density at radius 2 is 1.83 bits per heavy atom. The molecule has 4 atom stereocenters. The number of aliphatic hydroxyl groups is 2. The van der Waals surface area contributed by atoms with Crippen LogP contribution in [0.2, 0.25) is 0 Å². The molecule has 2 aromatic rings. The molecule has 0 radical (unpaired) electrons. The molecule has 1 amide bonds. The van der Waals surface area contributed by atoms with Gasteiger partial charge in [-0.05, 0) is 87.9 Å². The summed E-state index contributed by atoms with van der Waals surface area (Å²) in [5.74, 6) is 0.302. The van der Waals surface area contributed by atoms with Crippen LogP contribution in [-0.4, -0.2) is 83.3 Å². The van der Waals surface area contributed by atoms with E-state index in [2.05, 4.69) is 15.1 Å². The lowest BCUT2D eigenvalue weighted by Crippen LogP contribution is -2.73. The van der Waals surface area contributed by atoms with Crippen molar-refractivity contribution in [2.75, 3.05) is 49.6 Å². The molecular weight excluding hydrogens is 522 g/mol. The second-order valence-electron chi connectivity index (χ2n) is 12.6. The highest BCUT2D eigenvalue weighted by molar-refractivity contribution is 6.03. The lowest BCUT2D eigenvalue weighted by Gasteiger charge is -2.59. The highest BCUT2D eigenvalue weighted by atomic mass is 16.5. The molecule has 2 saturated heterocycles. The molecule has 3 fully saturated rings. The number of morpholine rings is 1. The maximum Gasteiger partial charge on any atom is 0.254 e. The zero-order valence-electron chi connectivity index (χ0n) is 23.7. The molecular formula is C32H39N3O6. The SMILES string of the molecule is C/C(C(=O)Nc1ccc(N2CCOCC2)cc1)=C(/O)[C@@H]1Oc2c(O)ccc3c2[C@@]12CCN(CC1CC1)[C@H](C3)[C@@]2(C)O. The van der Waals surface area contributed by atoms with Crippen LogP contribution in [0.4, 0.5) is 11.4 Å². The number of anilines is 2. The maximum absolute atomic E-state index is 13.4. The van der Waals surface area contributed by atoms with Gasteiger partial charge >= 0.3 is 0 Å². The van der Waals surface area contributed by atoms with Gasteiger partial charge in [0, 0.05) is 42.6 Å². The number of aromatic hydroxyl groups is 1. The van der Waals surface area contributed by atoms with Gasteiger partial charge in [0.2, 0.25) is 0 Å². The summed E-state index contributed by atoms with van der Waals surface area (Å²) in [4.78, 5) is 18.0. The number of carbonyl (C=O) groups excluding carboxylic acids is 1. The summed E-state index contributed by atoms with van der Waals surface area (Å²) in [7, 11) is 0. The zero-order valence-corrected chi connectivity index (χ0v) is 23.7. The summed E-state index contributed by atoms with van der Waals surface area (Å²) >= 11 is 0. The Kier molecular flexibility index (Phi) is 6.26.